The van der Waals surface area contributed by atoms with E-state index in [-0.39, 0.29) is 81.9 Å². The second kappa shape index (κ2) is 14.2. The van der Waals surface area contributed by atoms with Crippen LogP contribution in [0.2, 0.25) is 0 Å². The van der Waals surface area contributed by atoms with Gasteiger partial charge in [-0.2, -0.15) is 0 Å². The van der Waals surface area contributed by atoms with E-state index < -0.39 is 37.5 Å². The van der Waals surface area contributed by atoms with E-state index in [0.29, 0.717) is 4.90 Å². The van der Waals surface area contributed by atoms with E-state index in [0.717, 1.165) is 0 Å². The van der Waals surface area contributed by atoms with Gasteiger partial charge in [0, 0.05) is 19.6 Å². The molecule has 0 unspecified atom stereocenters. The standard InChI is InChI=1S/C6H9NO6.3Tl/c8-4(9)1-7(2-5(10)11)3-6(12)13;;;/h1-3H2,(H,8,9)(H,10,11)(H,12,13);;;/q;3*+1/p-3. The van der Waals surface area contributed by atoms with Crippen LogP contribution in [0.5, 0.6) is 0 Å². The van der Waals surface area contributed by atoms with Crippen LogP contribution in [0.4, 0.5) is 0 Å². The normalized spacial score (nSPS) is 8.06. The molecule has 0 atom stereocenters. The molecule has 0 heterocycles. The summed E-state index contributed by atoms with van der Waals surface area (Å²) in [4.78, 5) is 30.6. The Bertz CT molecular complexity index is 198. The average Bonchev–Trinajstić information content (AvgIpc) is 1.80. The van der Waals surface area contributed by atoms with Crippen LogP contribution in [0.25, 0.3) is 0 Å². The van der Waals surface area contributed by atoms with Gasteiger partial charge in [-0.05, 0) is 0 Å². The van der Waals surface area contributed by atoms with Gasteiger partial charge in [-0.1, -0.05) is 0 Å². The minimum absolute atomic E-state index is 0. The van der Waals surface area contributed by atoms with E-state index in [1.54, 1.807) is 0 Å². The molecule has 0 aliphatic carbocycles. The zero-order valence-corrected chi connectivity index (χ0v) is 21.7. The second-order valence-corrected chi connectivity index (χ2v) is 2.26. The van der Waals surface area contributed by atoms with Crippen molar-refractivity contribution < 1.29 is 29.7 Å². The van der Waals surface area contributed by atoms with Crippen LogP contribution in [0.1, 0.15) is 0 Å². The van der Waals surface area contributed by atoms with Gasteiger partial charge in [0.1, 0.15) is 0 Å². The summed E-state index contributed by atoms with van der Waals surface area (Å²) in [6.07, 6.45) is 0. The molecule has 0 saturated heterocycles. The molecular weight excluding hydrogens is 795 g/mol. The van der Waals surface area contributed by atoms with E-state index in [4.69, 9.17) is 0 Å². The van der Waals surface area contributed by atoms with Gasteiger partial charge in [0.15, 0.2) is 0 Å². The molecule has 0 rings (SSSR count). The Labute approximate surface area is 152 Å². The van der Waals surface area contributed by atoms with E-state index in [1.807, 2.05) is 0 Å². The predicted molar refractivity (Wildman–Crippen MR) is 48.7 cm³/mol. The Morgan fingerprint density at radius 3 is 1.00 bits per heavy atom. The number of hydrogen-bond acceptors (Lipinski definition) is 7. The summed E-state index contributed by atoms with van der Waals surface area (Å²) >= 11 is 0. The van der Waals surface area contributed by atoms with Crippen LogP contribution in [0, 0.1) is 0 Å². The summed E-state index contributed by atoms with van der Waals surface area (Å²) in [5.74, 6) is -4.70. The molecule has 0 aliphatic heterocycles. The van der Waals surface area contributed by atoms with Gasteiger partial charge in [-0.15, -0.1) is 0 Å². The maximum absolute atomic E-state index is 9.99. The Kier molecular flexibility index (Phi) is 22.9. The summed E-state index contributed by atoms with van der Waals surface area (Å²) in [6, 6.07) is 0. The van der Waals surface area contributed by atoms with Crippen LogP contribution in [0.15, 0.2) is 0 Å². The first kappa shape index (κ1) is 25.9. The van der Waals surface area contributed by atoms with Crippen LogP contribution in [-0.4, -0.2) is 124 Å². The Morgan fingerprint density at radius 2 is 0.875 bits per heavy atom. The minimum Gasteiger partial charge on any atom is -0.549 e. The number of rotatable bonds is 6. The third kappa shape index (κ3) is 17.5. The van der Waals surface area contributed by atoms with Gasteiger partial charge in [0.25, 0.3) is 0 Å². The minimum atomic E-state index is -1.57. The summed E-state index contributed by atoms with van der Waals surface area (Å²) in [6.45, 7) is -2.37. The van der Waals surface area contributed by atoms with Crippen molar-refractivity contribution in [2.75, 3.05) is 19.6 Å². The second-order valence-electron chi connectivity index (χ2n) is 2.26. The fourth-order valence-electron chi connectivity index (χ4n) is 0.715. The van der Waals surface area contributed by atoms with Crippen LogP contribution >= 0.6 is 0 Å². The van der Waals surface area contributed by atoms with E-state index in [1.165, 1.54) is 0 Å². The number of aliphatic carboxylic acids is 3. The first-order valence-electron chi connectivity index (χ1n) is 3.23. The molecule has 0 aromatic rings. The summed E-state index contributed by atoms with van der Waals surface area (Å²) < 4.78 is 0. The zero-order valence-electron chi connectivity index (χ0n) is 8.25. The molecule has 16 heavy (non-hydrogen) atoms. The fourth-order valence-corrected chi connectivity index (χ4v) is 0.715. The van der Waals surface area contributed by atoms with Gasteiger partial charge in [0.2, 0.25) is 0 Å². The van der Waals surface area contributed by atoms with E-state index in [9.17, 15) is 29.7 Å². The molecule has 0 radical (unpaired) electrons. The van der Waals surface area contributed by atoms with Crippen molar-refractivity contribution in [1.82, 2.24) is 4.90 Å². The Hall–Kier alpha value is 1.14. The van der Waals surface area contributed by atoms with Crippen molar-refractivity contribution in [2.24, 2.45) is 0 Å². The summed E-state index contributed by atoms with van der Waals surface area (Å²) in [5.41, 5.74) is 0. The third-order valence-electron chi connectivity index (χ3n) is 1.06. The number of carbonyl (C=O) groups excluding carboxylic acids is 3. The first-order chi connectivity index (χ1) is 5.91. The maximum atomic E-state index is 9.99. The largest absolute Gasteiger partial charge is 1.00 e. The quantitative estimate of drug-likeness (QED) is 0.245. The zero-order chi connectivity index (χ0) is 10.4. The van der Waals surface area contributed by atoms with Crippen molar-refractivity contribution in [3.8, 4) is 0 Å². The third-order valence-corrected chi connectivity index (χ3v) is 1.06. The molecule has 0 N–H and O–H groups in total. The van der Waals surface area contributed by atoms with Gasteiger partial charge in [0.05, 0.1) is 17.9 Å². The van der Waals surface area contributed by atoms with Crippen LogP contribution < -0.4 is 15.3 Å². The predicted octanol–water partition coefficient (Wildman–Crippen LogP) is -6.60. The van der Waals surface area contributed by atoms with Crippen molar-refractivity contribution in [2.45, 2.75) is 0 Å². The topological polar surface area (TPSA) is 124 Å². The van der Waals surface area contributed by atoms with Crippen LogP contribution in [-0.2, 0) is 14.4 Å². The maximum Gasteiger partial charge on any atom is 1.00 e. The SMILES string of the molecule is O=C([O-])CN(CC(=O)[O-])CC(=O)[O-].[Tl+].[Tl+].[Tl+]. The summed E-state index contributed by atoms with van der Waals surface area (Å²) in [7, 11) is 0. The van der Waals surface area contributed by atoms with E-state index >= 15 is 0 Å². The number of nitrogens with zero attached hydrogens (tertiary/aromatic N) is 1. The number of carbonyl (C=O) groups is 3. The fraction of sp³-hybridized carbons (Fsp3) is 0.500. The first-order valence-corrected chi connectivity index (χ1v) is 3.23. The molecule has 0 aliphatic rings. The monoisotopic (exact) mass is 803 g/mol. The van der Waals surface area contributed by atoms with Gasteiger partial charge in [-0.25, -0.2) is 0 Å². The Morgan fingerprint density at radius 1 is 0.688 bits per heavy atom. The smallest absolute Gasteiger partial charge is 0.549 e. The van der Waals surface area contributed by atoms with Gasteiger partial charge < -0.3 is 29.7 Å². The number of hydrogen-bond donors (Lipinski definition) is 0. The average molecular weight is 801 g/mol. The Balaban J connectivity index is -0.000000240. The molecule has 10 heteroatoms. The molecule has 0 amide bonds. The summed E-state index contributed by atoms with van der Waals surface area (Å²) in [5, 5.41) is 30.0. The van der Waals surface area contributed by atoms with Gasteiger partial charge in [-0.3, -0.25) is 4.90 Å². The van der Waals surface area contributed by atoms with Crippen molar-refractivity contribution >= 4 is 99.8 Å². The molecular formula is C6H6NO6Tl3. The molecule has 80 valence electrons. The molecule has 0 fully saturated rings. The molecule has 0 bridgehead atoms. The molecule has 0 spiro atoms. The molecule has 0 aromatic heterocycles. The molecule has 0 aromatic carbocycles. The number of carboxylic acids is 3. The van der Waals surface area contributed by atoms with Crippen LogP contribution in [0.3, 0.4) is 0 Å². The van der Waals surface area contributed by atoms with E-state index in [2.05, 4.69) is 0 Å². The van der Waals surface area contributed by atoms with Crippen molar-refractivity contribution in [3.63, 3.8) is 0 Å². The molecule has 7 nitrogen and oxygen atoms in total. The van der Waals surface area contributed by atoms with Crippen molar-refractivity contribution in [1.29, 1.82) is 0 Å². The van der Waals surface area contributed by atoms with Gasteiger partial charge >= 0.3 is 81.9 Å². The number of carboxylic acid groups (broad SMARTS) is 3. The molecule has 0 saturated carbocycles. The van der Waals surface area contributed by atoms with Crippen molar-refractivity contribution in [3.05, 3.63) is 0 Å².